The summed E-state index contributed by atoms with van der Waals surface area (Å²) in [6.45, 7) is 9.79. The summed E-state index contributed by atoms with van der Waals surface area (Å²) in [6.07, 6.45) is 0. The molecule has 4 nitrogen and oxygen atoms in total. The molecule has 0 fully saturated rings. The Bertz CT molecular complexity index is 982. The van der Waals surface area contributed by atoms with Gasteiger partial charge in [0, 0.05) is 11.1 Å². The fraction of sp³-hybridized carbons (Fsp3) is 0.273. The molecule has 0 saturated heterocycles. The van der Waals surface area contributed by atoms with Crippen LogP contribution >= 0.6 is 0 Å². The third-order valence-corrected chi connectivity index (χ3v) is 4.16. The molecule has 27 heavy (non-hydrogen) atoms. The highest BCUT2D eigenvalue weighted by Gasteiger charge is 2.22. The normalized spacial score (nSPS) is 11.5. The van der Waals surface area contributed by atoms with E-state index in [1.54, 1.807) is 22.9 Å². The van der Waals surface area contributed by atoms with Gasteiger partial charge in [-0.2, -0.15) is 5.10 Å². The van der Waals surface area contributed by atoms with E-state index in [2.05, 4.69) is 10.4 Å². The number of nitrogens with one attached hydrogen (secondary N) is 1. The maximum absolute atomic E-state index is 13.3. The fourth-order valence-electron chi connectivity index (χ4n) is 2.84. The summed E-state index contributed by atoms with van der Waals surface area (Å²) in [5, 5.41) is 7.66. The molecule has 2 aromatic carbocycles. The molecular weight excluding hydrogens is 341 g/mol. The van der Waals surface area contributed by atoms with Crippen LogP contribution < -0.4 is 5.32 Å². The molecule has 0 unspecified atom stereocenters. The Balaban J connectivity index is 2.16. The van der Waals surface area contributed by atoms with Gasteiger partial charge in [-0.1, -0.05) is 12.1 Å². The zero-order valence-corrected chi connectivity index (χ0v) is 16.3. The maximum atomic E-state index is 13.3. The monoisotopic (exact) mass is 365 g/mol. The summed E-state index contributed by atoms with van der Waals surface area (Å²) in [5.41, 5.74) is 4.39. The lowest BCUT2D eigenvalue weighted by atomic mass is 10.1. The molecule has 0 saturated carbocycles. The van der Waals surface area contributed by atoms with E-state index < -0.39 is 0 Å². The Kier molecular flexibility index (Phi) is 4.87. The first-order valence-electron chi connectivity index (χ1n) is 8.90. The van der Waals surface area contributed by atoms with Gasteiger partial charge in [-0.05, 0) is 82.1 Å². The lowest BCUT2D eigenvalue weighted by molar-refractivity contribution is 0.0911. The van der Waals surface area contributed by atoms with Gasteiger partial charge < -0.3 is 5.32 Å². The van der Waals surface area contributed by atoms with Crippen LogP contribution in [0, 0.1) is 19.7 Å². The van der Waals surface area contributed by atoms with Gasteiger partial charge in [0.2, 0.25) is 0 Å². The van der Waals surface area contributed by atoms with Crippen LogP contribution in [0.1, 0.15) is 42.4 Å². The molecule has 0 radical (unpaired) electrons. The van der Waals surface area contributed by atoms with Crippen molar-refractivity contribution in [3.05, 3.63) is 71.2 Å². The predicted molar refractivity (Wildman–Crippen MR) is 106 cm³/mol. The molecule has 1 aromatic heterocycles. The zero-order valence-electron chi connectivity index (χ0n) is 16.3. The molecule has 1 N–H and O–H groups in total. The topological polar surface area (TPSA) is 46.9 Å². The zero-order chi connectivity index (χ0) is 19.8. The molecular formula is C22H24FN3O. The minimum absolute atomic E-state index is 0.204. The molecule has 0 atom stereocenters. The molecule has 0 aliphatic rings. The maximum Gasteiger partial charge on any atom is 0.270 e. The second-order valence-electron chi connectivity index (χ2n) is 7.83. The van der Waals surface area contributed by atoms with Crippen molar-refractivity contribution >= 4 is 5.91 Å². The number of hydrogen-bond acceptors (Lipinski definition) is 2. The largest absolute Gasteiger partial charge is 0.346 e. The first-order chi connectivity index (χ1) is 12.6. The number of aromatic nitrogens is 2. The van der Waals surface area contributed by atoms with Crippen molar-refractivity contribution in [2.24, 2.45) is 0 Å². The molecule has 1 amide bonds. The van der Waals surface area contributed by atoms with E-state index in [0.717, 1.165) is 22.4 Å². The standard InChI is InChI=1S/C22H24FN3O/c1-14-6-7-15(2)19(12-14)26-20(21(27)24-22(3,4)5)13-18(25-26)16-8-10-17(23)11-9-16/h6-13H,1-5H3,(H,24,27). The van der Waals surface area contributed by atoms with Crippen LogP contribution in [0.4, 0.5) is 4.39 Å². The average molecular weight is 365 g/mol. The summed E-state index contributed by atoms with van der Waals surface area (Å²) in [7, 11) is 0. The van der Waals surface area contributed by atoms with Crippen LogP contribution in [0.15, 0.2) is 48.5 Å². The second kappa shape index (κ2) is 6.99. The van der Waals surface area contributed by atoms with E-state index in [1.807, 2.05) is 52.8 Å². The second-order valence-corrected chi connectivity index (χ2v) is 7.83. The Hall–Kier alpha value is -2.95. The molecule has 0 spiro atoms. The number of aryl methyl sites for hydroxylation is 2. The first-order valence-corrected chi connectivity index (χ1v) is 8.90. The van der Waals surface area contributed by atoms with Gasteiger partial charge in [-0.15, -0.1) is 0 Å². The predicted octanol–water partition coefficient (Wildman–Crippen LogP) is 4.82. The van der Waals surface area contributed by atoms with Crippen molar-refractivity contribution < 1.29 is 9.18 Å². The smallest absolute Gasteiger partial charge is 0.270 e. The molecule has 1 heterocycles. The molecule has 140 valence electrons. The minimum Gasteiger partial charge on any atom is -0.346 e. The van der Waals surface area contributed by atoms with Crippen molar-refractivity contribution in [3.8, 4) is 16.9 Å². The number of nitrogens with zero attached hydrogens (tertiary/aromatic N) is 2. The van der Waals surface area contributed by atoms with Gasteiger partial charge in [-0.3, -0.25) is 4.79 Å². The number of carbonyl (C=O) groups excluding carboxylic acids is 1. The highest BCUT2D eigenvalue weighted by molar-refractivity contribution is 5.94. The number of rotatable bonds is 3. The quantitative estimate of drug-likeness (QED) is 0.723. The third-order valence-electron chi connectivity index (χ3n) is 4.16. The summed E-state index contributed by atoms with van der Waals surface area (Å²) in [5.74, 6) is -0.511. The van der Waals surface area contributed by atoms with E-state index in [9.17, 15) is 9.18 Å². The van der Waals surface area contributed by atoms with Crippen LogP contribution in [-0.4, -0.2) is 21.2 Å². The highest BCUT2D eigenvalue weighted by Crippen LogP contribution is 2.24. The summed E-state index contributed by atoms with van der Waals surface area (Å²) in [4.78, 5) is 12.9. The first kappa shape index (κ1) is 18.8. The van der Waals surface area contributed by atoms with Gasteiger partial charge >= 0.3 is 0 Å². The van der Waals surface area contributed by atoms with E-state index in [0.29, 0.717) is 11.4 Å². The lowest BCUT2D eigenvalue weighted by Gasteiger charge is -2.21. The number of hydrogen-bond donors (Lipinski definition) is 1. The molecule has 3 rings (SSSR count). The van der Waals surface area contributed by atoms with Crippen molar-refractivity contribution in [1.29, 1.82) is 0 Å². The number of amides is 1. The minimum atomic E-state index is -0.371. The molecule has 5 heteroatoms. The number of carbonyl (C=O) groups is 1. The van der Waals surface area contributed by atoms with E-state index in [1.165, 1.54) is 12.1 Å². The van der Waals surface area contributed by atoms with Crippen LogP contribution in [0.2, 0.25) is 0 Å². The third kappa shape index (κ3) is 4.25. The SMILES string of the molecule is Cc1ccc(C)c(-n2nc(-c3ccc(F)cc3)cc2C(=O)NC(C)(C)C)c1. The van der Waals surface area contributed by atoms with E-state index in [4.69, 9.17) is 0 Å². The van der Waals surface area contributed by atoms with Crippen LogP contribution in [0.5, 0.6) is 0 Å². The molecule has 0 bridgehead atoms. The molecule has 0 aliphatic carbocycles. The van der Waals surface area contributed by atoms with Crippen LogP contribution in [0.3, 0.4) is 0 Å². The van der Waals surface area contributed by atoms with Crippen LogP contribution in [0.25, 0.3) is 16.9 Å². The van der Waals surface area contributed by atoms with Gasteiger partial charge in [-0.25, -0.2) is 9.07 Å². The highest BCUT2D eigenvalue weighted by atomic mass is 19.1. The van der Waals surface area contributed by atoms with Crippen molar-refractivity contribution in [2.75, 3.05) is 0 Å². The Labute approximate surface area is 159 Å². The summed E-state index contributed by atoms with van der Waals surface area (Å²) >= 11 is 0. The molecule has 0 aliphatic heterocycles. The van der Waals surface area contributed by atoms with Crippen molar-refractivity contribution in [3.63, 3.8) is 0 Å². The van der Waals surface area contributed by atoms with Gasteiger partial charge in [0.1, 0.15) is 11.5 Å². The van der Waals surface area contributed by atoms with E-state index in [-0.39, 0.29) is 17.3 Å². The van der Waals surface area contributed by atoms with Gasteiger partial charge in [0.15, 0.2) is 0 Å². The van der Waals surface area contributed by atoms with Gasteiger partial charge in [0.05, 0.1) is 11.4 Å². The fourth-order valence-corrected chi connectivity index (χ4v) is 2.84. The van der Waals surface area contributed by atoms with Crippen molar-refractivity contribution in [2.45, 2.75) is 40.2 Å². The van der Waals surface area contributed by atoms with Crippen LogP contribution in [-0.2, 0) is 0 Å². The average Bonchev–Trinajstić information content (AvgIpc) is 3.01. The summed E-state index contributed by atoms with van der Waals surface area (Å²) in [6, 6.07) is 13.9. The Morgan fingerprint density at radius 2 is 1.70 bits per heavy atom. The lowest BCUT2D eigenvalue weighted by Crippen LogP contribution is -2.41. The van der Waals surface area contributed by atoms with Gasteiger partial charge in [0.25, 0.3) is 5.91 Å². The summed E-state index contributed by atoms with van der Waals surface area (Å²) < 4.78 is 14.9. The number of benzene rings is 2. The molecule has 3 aromatic rings. The Morgan fingerprint density at radius 3 is 2.33 bits per heavy atom. The Morgan fingerprint density at radius 1 is 1.04 bits per heavy atom. The van der Waals surface area contributed by atoms with Crippen molar-refractivity contribution in [1.82, 2.24) is 15.1 Å². The van der Waals surface area contributed by atoms with E-state index >= 15 is 0 Å². The number of halogens is 1.